The molecule has 0 atom stereocenters. The Hall–Kier alpha value is -1.23. The van der Waals surface area contributed by atoms with E-state index in [9.17, 15) is 4.79 Å². The minimum atomic E-state index is -0.310. The van der Waals surface area contributed by atoms with Crippen LogP contribution in [0.25, 0.3) is 0 Å². The van der Waals surface area contributed by atoms with Gasteiger partial charge in [0.1, 0.15) is 5.75 Å². The maximum Gasteiger partial charge on any atom is 0.313 e. The second-order valence-corrected chi connectivity index (χ2v) is 5.80. The summed E-state index contributed by atoms with van der Waals surface area (Å²) in [6.07, 6.45) is 1.81. The van der Waals surface area contributed by atoms with Gasteiger partial charge in [0.2, 0.25) is 0 Å². The summed E-state index contributed by atoms with van der Waals surface area (Å²) in [6, 6.07) is 5.89. The van der Waals surface area contributed by atoms with E-state index in [0.717, 1.165) is 28.8 Å². The van der Waals surface area contributed by atoms with Gasteiger partial charge in [-0.25, -0.2) is 0 Å². The molecule has 0 N–H and O–H groups in total. The quantitative estimate of drug-likeness (QED) is 0.779. The minimum Gasteiger partial charge on any atom is -0.496 e. The number of benzene rings is 1. The van der Waals surface area contributed by atoms with Crippen LogP contribution in [0.2, 0.25) is 0 Å². The van der Waals surface area contributed by atoms with E-state index in [-0.39, 0.29) is 11.4 Å². The van der Waals surface area contributed by atoms with Crippen molar-refractivity contribution in [2.24, 2.45) is 5.41 Å². The lowest BCUT2D eigenvalue weighted by molar-refractivity contribution is -0.146. The van der Waals surface area contributed by atoms with Gasteiger partial charge in [0.15, 0.2) is 0 Å². The molecule has 0 heterocycles. The van der Waals surface area contributed by atoms with Crippen molar-refractivity contribution in [3.8, 4) is 5.75 Å². The smallest absolute Gasteiger partial charge is 0.313 e. The van der Waals surface area contributed by atoms with Crippen molar-refractivity contribution < 1.29 is 14.3 Å². The Balaban J connectivity index is 2.10. The van der Waals surface area contributed by atoms with Crippen molar-refractivity contribution in [1.29, 1.82) is 0 Å². The van der Waals surface area contributed by atoms with Crippen LogP contribution in [0, 0.1) is 5.41 Å². The summed E-state index contributed by atoms with van der Waals surface area (Å²) in [5.74, 6) is 0.693. The maximum absolute atomic E-state index is 11.8. The average Bonchev–Trinajstić information content (AvgIpc) is 3.18. The van der Waals surface area contributed by atoms with Gasteiger partial charge in [0.25, 0.3) is 0 Å². The van der Waals surface area contributed by atoms with E-state index >= 15 is 0 Å². The Morgan fingerprint density at radius 2 is 2.11 bits per heavy atom. The third-order valence-electron chi connectivity index (χ3n) is 3.59. The lowest BCUT2D eigenvalue weighted by Crippen LogP contribution is -2.32. The van der Waals surface area contributed by atoms with Gasteiger partial charge < -0.3 is 14.4 Å². The number of hydrogen-bond acceptors (Lipinski definition) is 4. The van der Waals surface area contributed by atoms with Crippen LogP contribution >= 0.6 is 15.9 Å². The second-order valence-electron chi connectivity index (χ2n) is 4.95. The molecule has 1 aromatic carbocycles. The molecule has 5 heteroatoms. The number of halogens is 1. The Morgan fingerprint density at radius 1 is 1.42 bits per heavy atom. The van der Waals surface area contributed by atoms with Gasteiger partial charge in [-0.05, 0) is 47.0 Å². The zero-order valence-corrected chi connectivity index (χ0v) is 13.0. The number of nitrogens with zero attached hydrogens (tertiary/aromatic N) is 1. The molecule has 0 unspecified atom stereocenters. The van der Waals surface area contributed by atoms with Crippen LogP contribution in [-0.4, -0.2) is 33.8 Å². The van der Waals surface area contributed by atoms with Crippen LogP contribution in [0.15, 0.2) is 22.7 Å². The van der Waals surface area contributed by atoms with Crippen LogP contribution in [-0.2, 0) is 9.53 Å². The fourth-order valence-electron chi connectivity index (χ4n) is 2.23. The molecule has 0 amide bonds. The van der Waals surface area contributed by atoms with Crippen LogP contribution in [0.1, 0.15) is 12.8 Å². The Kier molecular flexibility index (Phi) is 4.04. The first-order chi connectivity index (χ1) is 9.02. The normalized spacial score (nSPS) is 15.8. The highest BCUT2D eigenvalue weighted by Gasteiger charge is 2.51. The van der Waals surface area contributed by atoms with Gasteiger partial charge >= 0.3 is 5.97 Å². The molecular formula is C14H18BrNO3. The largest absolute Gasteiger partial charge is 0.496 e. The summed E-state index contributed by atoms with van der Waals surface area (Å²) < 4.78 is 11.0. The van der Waals surface area contributed by atoms with Crippen LogP contribution < -0.4 is 9.64 Å². The zero-order valence-electron chi connectivity index (χ0n) is 11.4. The number of carbonyl (C=O) groups excluding carboxylic acids is 1. The third-order valence-corrected chi connectivity index (χ3v) is 4.21. The molecule has 0 radical (unpaired) electrons. The van der Waals surface area contributed by atoms with Gasteiger partial charge in [0.05, 0.1) is 24.1 Å². The topological polar surface area (TPSA) is 38.8 Å². The van der Waals surface area contributed by atoms with Crippen LogP contribution in [0.3, 0.4) is 0 Å². The highest BCUT2D eigenvalue weighted by molar-refractivity contribution is 9.10. The van der Waals surface area contributed by atoms with Crippen LogP contribution in [0.4, 0.5) is 5.69 Å². The number of esters is 1. The van der Waals surface area contributed by atoms with Gasteiger partial charge in [-0.2, -0.15) is 0 Å². The molecule has 4 nitrogen and oxygen atoms in total. The summed E-state index contributed by atoms with van der Waals surface area (Å²) in [4.78, 5) is 13.8. The Morgan fingerprint density at radius 3 is 2.58 bits per heavy atom. The van der Waals surface area contributed by atoms with Crippen LogP contribution in [0.5, 0.6) is 5.75 Å². The molecule has 19 heavy (non-hydrogen) atoms. The molecule has 0 spiro atoms. The molecule has 1 saturated carbocycles. The predicted molar refractivity (Wildman–Crippen MR) is 77.6 cm³/mol. The number of rotatable bonds is 5. The molecule has 1 fully saturated rings. The number of methoxy groups -OCH3 is 2. The SMILES string of the molecule is COC(=O)C1(CN(C)c2ccc(OC)c(Br)c2)CC1. The van der Waals surface area contributed by atoms with E-state index in [1.807, 2.05) is 25.2 Å². The molecule has 104 valence electrons. The molecule has 0 aliphatic heterocycles. The van der Waals surface area contributed by atoms with E-state index in [1.54, 1.807) is 7.11 Å². The van der Waals surface area contributed by atoms with E-state index in [4.69, 9.17) is 9.47 Å². The summed E-state index contributed by atoms with van der Waals surface area (Å²) in [5, 5.41) is 0. The Labute approximate surface area is 121 Å². The standard InChI is InChI=1S/C14H18BrNO3/c1-16(9-14(6-7-14)13(17)19-3)10-4-5-12(18-2)11(15)8-10/h4-5,8H,6-7,9H2,1-3H3. The van der Waals surface area contributed by atoms with Crippen molar-refractivity contribution in [3.05, 3.63) is 22.7 Å². The lowest BCUT2D eigenvalue weighted by atomic mass is 10.1. The molecule has 1 aliphatic carbocycles. The lowest BCUT2D eigenvalue weighted by Gasteiger charge is -2.24. The van der Waals surface area contributed by atoms with E-state index < -0.39 is 0 Å². The van der Waals surface area contributed by atoms with Gasteiger partial charge in [0, 0.05) is 19.3 Å². The zero-order chi connectivity index (χ0) is 14.0. The molecule has 0 aromatic heterocycles. The molecule has 0 saturated heterocycles. The number of carbonyl (C=O) groups is 1. The van der Waals surface area contributed by atoms with Gasteiger partial charge in [-0.15, -0.1) is 0 Å². The van der Waals surface area contributed by atoms with Crippen molar-refractivity contribution in [2.75, 3.05) is 32.7 Å². The highest BCUT2D eigenvalue weighted by atomic mass is 79.9. The predicted octanol–water partition coefficient (Wildman–Crippen LogP) is 2.85. The number of hydrogen-bond donors (Lipinski definition) is 0. The van der Waals surface area contributed by atoms with Gasteiger partial charge in [-0.1, -0.05) is 0 Å². The fraction of sp³-hybridized carbons (Fsp3) is 0.500. The second kappa shape index (κ2) is 5.41. The average molecular weight is 328 g/mol. The molecule has 1 aliphatic rings. The molecule has 2 rings (SSSR count). The third kappa shape index (κ3) is 2.86. The van der Waals surface area contributed by atoms with Crippen molar-refractivity contribution >= 4 is 27.6 Å². The summed E-state index contributed by atoms with van der Waals surface area (Å²) in [5.41, 5.74) is 0.735. The van der Waals surface area contributed by atoms with E-state index in [2.05, 4.69) is 20.8 Å². The fourth-order valence-corrected chi connectivity index (χ4v) is 2.76. The van der Waals surface area contributed by atoms with Crippen molar-refractivity contribution in [1.82, 2.24) is 0 Å². The molecule has 0 bridgehead atoms. The van der Waals surface area contributed by atoms with Crippen molar-refractivity contribution in [2.45, 2.75) is 12.8 Å². The van der Waals surface area contributed by atoms with Crippen molar-refractivity contribution in [3.63, 3.8) is 0 Å². The monoisotopic (exact) mass is 327 g/mol. The van der Waals surface area contributed by atoms with E-state index in [0.29, 0.717) is 6.54 Å². The number of anilines is 1. The summed E-state index contributed by atoms with van der Waals surface area (Å²) in [6.45, 7) is 0.679. The first-order valence-corrected chi connectivity index (χ1v) is 6.95. The molecular weight excluding hydrogens is 310 g/mol. The summed E-state index contributed by atoms with van der Waals surface area (Å²) >= 11 is 3.47. The highest BCUT2D eigenvalue weighted by Crippen LogP contribution is 2.47. The Bertz CT molecular complexity index is 486. The maximum atomic E-state index is 11.8. The first-order valence-electron chi connectivity index (χ1n) is 6.15. The molecule has 1 aromatic rings. The van der Waals surface area contributed by atoms with E-state index in [1.165, 1.54) is 7.11 Å². The summed E-state index contributed by atoms with van der Waals surface area (Å²) in [7, 11) is 5.07. The minimum absolute atomic E-state index is 0.105. The van der Waals surface area contributed by atoms with Gasteiger partial charge in [-0.3, -0.25) is 4.79 Å². The number of ether oxygens (including phenoxy) is 2. The first kappa shape index (κ1) is 14.2.